The highest BCUT2D eigenvalue weighted by Crippen LogP contribution is 2.40. The maximum atomic E-state index is 6.41. The summed E-state index contributed by atoms with van der Waals surface area (Å²) in [4.78, 5) is 15.8. The lowest BCUT2D eigenvalue weighted by atomic mass is 9.87. The SMILES string of the molecule is NC1=NC2(CCCCC2)N(c2cccc(-c3n[nH]c(-c4cccc(Oc5ccc(N)cc5)c4)n3)c2)C(N)=N1. The summed E-state index contributed by atoms with van der Waals surface area (Å²) in [6.45, 7) is 0. The van der Waals surface area contributed by atoms with Crippen molar-refractivity contribution in [3.05, 3.63) is 72.8 Å². The summed E-state index contributed by atoms with van der Waals surface area (Å²) in [7, 11) is 0. The van der Waals surface area contributed by atoms with Gasteiger partial charge >= 0.3 is 0 Å². The van der Waals surface area contributed by atoms with E-state index in [4.69, 9.17) is 31.9 Å². The highest BCUT2D eigenvalue weighted by molar-refractivity contribution is 6.05. The van der Waals surface area contributed by atoms with Crippen molar-refractivity contribution in [3.8, 4) is 34.3 Å². The van der Waals surface area contributed by atoms with Gasteiger partial charge in [-0.3, -0.25) is 10.00 Å². The first-order chi connectivity index (χ1) is 18.5. The Kier molecular flexibility index (Phi) is 5.91. The predicted molar refractivity (Wildman–Crippen MR) is 150 cm³/mol. The fraction of sp³-hybridized carbons (Fsp3) is 0.214. The van der Waals surface area contributed by atoms with E-state index in [9.17, 15) is 0 Å². The predicted octanol–water partition coefficient (Wildman–Crippen LogP) is 4.62. The molecule has 1 spiro atoms. The Hall–Kier alpha value is -4.86. The van der Waals surface area contributed by atoms with Crippen LogP contribution < -0.4 is 26.8 Å². The van der Waals surface area contributed by atoms with Gasteiger partial charge in [0.1, 0.15) is 17.2 Å². The Labute approximate surface area is 220 Å². The number of nitrogen functional groups attached to an aromatic ring is 1. The Bertz CT molecular complexity index is 1520. The van der Waals surface area contributed by atoms with Gasteiger partial charge in [0, 0.05) is 22.5 Å². The first-order valence-electron chi connectivity index (χ1n) is 12.7. The quantitative estimate of drug-likeness (QED) is 0.287. The zero-order chi connectivity index (χ0) is 26.1. The third kappa shape index (κ3) is 4.52. The minimum absolute atomic E-state index is 0.234. The fourth-order valence-corrected chi connectivity index (χ4v) is 5.18. The van der Waals surface area contributed by atoms with Crippen molar-refractivity contribution >= 4 is 23.3 Å². The van der Waals surface area contributed by atoms with E-state index in [2.05, 4.69) is 15.2 Å². The van der Waals surface area contributed by atoms with Crippen molar-refractivity contribution in [2.75, 3.05) is 10.6 Å². The second-order valence-electron chi connectivity index (χ2n) is 9.58. The van der Waals surface area contributed by atoms with Gasteiger partial charge in [-0.1, -0.05) is 30.7 Å². The molecule has 192 valence electrons. The van der Waals surface area contributed by atoms with Crippen molar-refractivity contribution in [1.29, 1.82) is 0 Å². The van der Waals surface area contributed by atoms with Crippen LogP contribution in [0.3, 0.4) is 0 Å². The van der Waals surface area contributed by atoms with Crippen LogP contribution in [0.15, 0.2) is 82.8 Å². The van der Waals surface area contributed by atoms with Gasteiger partial charge in [-0.15, -0.1) is 0 Å². The summed E-state index contributed by atoms with van der Waals surface area (Å²) < 4.78 is 5.98. The number of aromatic nitrogens is 3. The van der Waals surface area contributed by atoms with Gasteiger partial charge in [-0.25, -0.2) is 9.98 Å². The van der Waals surface area contributed by atoms with Gasteiger partial charge in [0.15, 0.2) is 11.6 Å². The molecule has 6 rings (SSSR count). The molecule has 3 aromatic carbocycles. The van der Waals surface area contributed by atoms with E-state index in [-0.39, 0.29) is 5.96 Å². The number of benzene rings is 3. The molecule has 0 amide bonds. The Morgan fingerprint density at radius 1 is 0.816 bits per heavy atom. The Morgan fingerprint density at radius 3 is 2.39 bits per heavy atom. The van der Waals surface area contributed by atoms with Crippen LogP contribution in [0.5, 0.6) is 11.5 Å². The molecule has 0 bridgehead atoms. The number of H-pyrrole nitrogens is 1. The number of hydrogen-bond acceptors (Lipinski definition) is 9. The summed E-state index contributed by atoms with van der Waals surface area (Å²) in [6, 6.07) is 22.9. The summed E-state index contributed by atoms with van der Waals surface area (Å²) >= 11 is 0. The molecule has 38 heavy (non-hydrogen) atoms. The topological polar surface area (TPSA) is 157 Å². The summed E-state index contributed by atoms with van der Waals surface area (Å²) in [5, 5.41) is 7.55. The highest BCUT2D eigenvalue weighted by Gasteiger charge is 2.42. The largest absolute Gasteiger partial charge is 0.457 e. The van der Waals surface area contributed by atoms with Gasteiger partial charge < -0.3 is 21.9 Å². The number of aliphatic imine (C=N–C) groups is 2. The molecule has 1 aliphatic heterocycles. The van der Waals surface area contributed by atoms with E-state index in [1.54, 1.807) is 12.1 Å². The first kappa shape index (κ1) is 23.5. The van der Waals surface area contributed by atoms with Crippen LogP contribution in [0.4, 0.5) is 11.4 Å². The Balaban J connectivity index is 1.28. The number of aromatic amines is 1. The van der Waals surface area contributed by atoms with Crippen LogP contribution in [0.25, 0.3) is 22.8 Å². The number of nitrogens with two attached hydrogens (primary N) is 3. The highest BCUT2D eigenvalue weighted by atomic mass is 16.5. The minimum Gasteiger partial charge on any atom is -0.457 e. The molecule has 0 radical (unpaired) electrons. The normalized spacial score (nSPS) is 16.7. The lowest BCUT2D eigenvalue weighted by molar-refractivity contribution is 0.305. The van der Waals surface area contributed by atoms with E-state index in [0.717, 1.165) is 42.5 Å². The molecule has 1 fully saturated rings. The molecule has 2 aliphatic rings. The van der Waals surface area contributed by atoms with Crippen molar-refractivity contribution < 1.29 is 4.74 Å². The molecule has 7 N–H and O–H groups in total. The van der Waals surface area contributed by atoms with Crippen LogP contribution >= 0.6 is 0 Å². The number of anilines is 2. The third-order valence-electron chi connectivity index (χ3n) is 6.92. The molecule has 10 heteroatoms. The molecule has 0 atom stereocenters. The summed E-state index contributed by atoms with van der Waals surface area (Å²) in [5.41, 5.74) is 21.0. The molecule has 4 aromatic rings. The van der Waals surface area contributed by atoms with Gasteiger partial charge in [-0.2, -0.15) is 10.1 Å². The van der Waals surface area contributed by atoms with Crippen LogP contribution in [-0.2, 0) is 0 Å². The fourth-order valence-electron chi connectivity index (χ4n) is 5.18. The Morgan fingerprint density at radius 2 is 1.58 bits per heavy atom. The summed E-state index contributed by atoms with van der Waals surface area (Å²) in [5.74, 6) is 3.18. The smallest absolute Gasteiger partial charge is 0.220 e. The van der Waals surface area contributed by atoms with Crippen LogP contribution in [0, 0.1) is 0 Å². The number of nitrogens with one attached hydrogen (secondary N) is 1. The van der Waals surface area contributed by atoms with E-state index >= 15 is 0 Å². The number of rotatable bonds is 5. The van der Waals surface area contributed by atoms with Crippen molar-refractivity contribution in [1.82, 2.24) is 15.2 Å². The zero-order valence-corrected chi connectivity index (χ0v) is 20.8. The number of guanidine groups is 2. The second kappa shape index (κ2) is 9.55. The maximum Gasteiger partial charge on any atom is 0.220 e. The monoisotopic (exact) mass is 507 g/mol. The minimum atomic E-state index is -0.512. The van der Waals surface area contributed by atoms with Crippen LogP contribution in [-0.4, -0.2) is 32.8 Å². The first-order valence-corrected chi connectivity index (χ1v) is 12.7. The van der Waals surface area contributed by atoms with Gasteiger partial charge in [0.05, 0.1) is 0 Å². The lowest BCUT2D eigenvalue weighted by Gasteiger charge is -2.45. The third-order valence-corrected chi connectivity index (χ3v) is 6.92. The molecular formula is C28H29N9O. The van der Waals surface area contributed by atoms with E-state index in [0.29, 0.717) is 34.8 Å². The van der Waals surface area contributed by atoms with Gasteiger partial charge in [-0.05, 0) is 74.2 Å². The van der Waals surface area contributed by atoms with E-state index in [1.807, 2.05) is 65.6 Å². The average molecular weight is 508 g/mol. The van der Waals surface area contributed by atoms with E-state index < -0.39 is 5.66 Å². The van der Waals surface area contributed by atoms with Crippen molar-refractivity contribution in [2.24, 2.45) is 21.5 Å². The molecule has 0 unspecified atom stereocenters. The lowest BCUT2D eigenvalue weighted by Crippen LogP contribution is -2.58. The zero-order valence-electron chi connectivity index (χ0n) is 20.8. The molecule has 1 saturated carbocycles. The number of ether oxygens (including phenoxy) is 1. The molecule has 10 nitrogen and oxygen atoms in total. The summed E-state index contributed by atoms with van der Waals surface area (Å²) in [6.07, 6.45) is 5.03. The molecule has 2 heterocycles. The van der Waals surface area contributed by atoms with Crippen molar-refractivity contribution in [3.63, 3.8) is 0 Å². The van der Waals surface area contributed by atoms with Crippen LogP contribution in [0.1, 0.15) is 32.1 Å². The van der Waals surface area contributed by atoms with E-state index in [1.165, 1.54) is 6.42 Å². The molecular weight excluding hydrogens is 478 g/mol. The average Bonchev–Trinajstić information content (AvgIpc) is 3.41. The van der Waals surface area contributed by atoms with Crippen LogP contribution in [0.2, 0.25) is 0 Å². The molecule has 1 aromatic heterocycles. The van der Waals surface area contributed by atoms with Gasteiger partial charge in [0.2, 0.25) is 11.9 Å². The molecule has 0 saturated heterocycles. The number of nitrogens with zero attached hydrogens (tertiary/aromatic N) is 5. The van der Waals surface area contributed by atoms with Crippen molar-refractivity contribution in [2.45, 2.75) is 37.8 Å². The second-order valence-corrected chi connectivity index (χ2v) is 9.58. The maximum absolute atomic E-state index is 6.41. The van der Waals surface area contributed by atoms with Gasteiger partial charge in [0.25, 0.3) is 0 Å². The standard InChI is InChI=1S/C28H29N9O/c29-20-10-12-22(13-11-20)38-23-9-5-7-19(17-23)25-32-24(35-36-25)18-6-4-8-21(16-18)37-27(31)33-26(30)34-28(37)14-2-1-3-15-28/h4-13,16-17H,1-3,14-15,29H2,(H,32,35,36)(H4,30,31,33,34). The molecule has 1 aliphatic carbocycles. The number of hydrogen-bond donors (Lipinski definition) is 4.